The largest absolute Gasteiger partial charge is 0.494 e. The number of methoxy groups -OCH3 is 2. The topological polar surface area (TPSA) is 118 Å². The summed E-state index contributed by atoms with van der Waals surface area (Å²) in [6, 6.07) is 14.5. The molecular weight excluding hydrogens is 400 g/mol. The van der Waals surface area contributed by atoms with Crippen LogP contribution in [0.3, 0.4) is 0 Å². The van der Waals surface area contributed by atoms with E-state index in [1.54, 1.807) is 20.3 Å². The Morgan fingerprint density at radius 1 is 1.10 bits per heavy atom. The van der Waals surface area contributed by atoms with Gasteiger partial charge in [-0.05, 0) is 23.3 Å². The van der Waals surface area contributed by atoms with Gasteiger partial charge in [0.25, 0.3) is 5.56 Å². The molecule has 3 aromatic rings. The van der Waals surface area contributed by atoms with E-state index in [1.165, 1.54) is 0 Å². The normalized spacial score (nSPS) is 15.3. The third kappa shape index (κ3) is 3.89. The highest BCUT2D eigenvalue weighted by Crippen LogP contribution is 2.33. The minimum absolute atomic E-state index is 0.0222. The fraction of sp³-hybridized carbons (Fsp3) is 0.227. The summed E-state index contributed by atoms with van der Waals surface area (Å²) in [5.74, 6) is 0.769. The van der Waals surface area contributed by atoms with Crippen molar-refractivity contribution in [2.45, 2.75) is 19.0 Å². The number of nitrogens with one attached hydrogen (secondary N) is 2. The monoisotopic (exact) mass is 422 g/mol. The minimum Gasteiger partial charge on any atom is -0.494 e. The van der Waals surface area contributed by atoms with Gasteiger partial charge in [0.05, 0.1) is 32.5 Å². The Balaban J connectivity index is 1.64. The number of aromatic nitrogens is 2. The molecule has 1 aliphatic heterocycles. The first kappa shape index (κ1) is 20.3. The van der Waals surface area contributed by atoms with Crippen molar-refractivity contribution in [3.05, 3.63) is 86.1 Å². The summed E-state index contributed by atoms with van der Waals surface area (Å²) in [7, 11) is 3.12. The van der Waals surface area contributed by atoms with Crippen LogP contribution in [0, 0.1) is 0 Å². The van der Waals surface area contributed by atoms with Gasteiger partial charge in [0.2, 0.25) is 5.88 Å². The van der Waals surface area contributed by atoms with Gasteiger partial charge in [-0.2, -0.15) is 5.10 Å². The molecule has 1 aliphatic rings. The first-order valence-electron chi connectivity index (χ1n) is 9.66. The van der Waals surface area contributed by atoms with Gasteiger partial charge < -0.3 is 20.0 Å². The fourth-order valence-electron chi connectivity index (χ4n) is 3.59. The third-order valence-electron chi connectivity index (χ3n) is 5.21. The number of benzene rings is 2. The summed E-state index contributed by atoms with van der Waals surface area (Å²) in [5, 5.41) is 15.0. The molecule has 31 heavy (non-hydrogen) atoms. The van der Waals surface area contributed by atoms with Crippen molar-refractivity contribution >= 4 is 5.71 Å². The van der Waals surface area contributed by atoms with Crippen LogP contribution in [0.2, 0.25) is 0 Å². The molecular formula is C22H22N4O5. The standard InChI is InChI=1S/C22H22N4O5/c1-30-17-9-8-14(10-18(17)31-2)15-11-16(25-24-15)19-20(27)23-22(29)26(21(19)28)12-13-6-4-3-5-7-13/h3-10,15,24,28H,11-12H2,1-2H3,(H,23,27,29)/t15-/m0/s1. The number of ether oxygens (including phenoxy) is 2. The maximum atomic E-state index is 12.5. The number of rotatable bonds is 6. The molecule has 1 atom stereocenters. The number of hydrogen-bond donors (Lipinski definition) is 3. The second-order valence-electron chi connectivity index (χ2n) is 7.09. The summed E-state index contributed by atoms with van der Waals surface area (Å²) in [4.78, 5) is 27.1. The molecule has 2 heterocycles. The molecule has 0 radical (unpaired) electrons. The van der Waals surface area contributed by atoms with Crippen LogP contribution in [-0.2, 0) is 6.54 Å². The van der Waals surface area contributed by atoms with E-state index in [1.807, 2.05) is 42.5 Å². The van der Waals surface area contributed by atoms with Crippen LogP contribution in [0.15, 0.2) is 63.2 Å². The fourth-order valence-corrected chi connectivity index (χ4v) is 3.59. The Morgan fingerprint density at radius 2 is 1.84 bits per heavy atom. The molecule has 9 nitrogen and oxygen atoms in total. The van der Waals surface area contributed by atoms with E-state index in [0.29, 0.717) is 23.6 Å². The van der Waals surface area contributed by atoms with Gasteiger partial charge in [0, 0.05) is 6.42 Å². The Kier molecular flexibility index (Phi) is 5.48. The highest BCUT2D eigenvalue weighted by atomic mass is 16.5. The number of aromatic amines is 1. The zero-order valence-corrected chi connectivity index (χ0v) is 17.1. The maximum Gasteiger partial charge on any atom is 0.331 e. The van der Waals surface area contributed by atoms with Crippen LogP contribution >= 0.6 is 0 Å². The number of aromatic hydroxyl groups is 1. The van der Waals surface area contributed by atoms with E-state index >= 15 is 0 Å². The summed E-state index contributed by atoms with van der Waals surface area (Å²) >= 11 is 0. The summed E-state index contributed by atoms with van der Waals surface area (Å²) < 4.78 is 11.7. The number of nitrogens with zero attached hydrogens (tertiary/aromatic N) is 2. The number of hydrazone groups is 1. The molecule has 0 spiro atoms. The molecule has 0 saturated heterocycles. The predicted molar refractivity (Wildman–Crippen MR) is 115 cm³/mol. The third-order valence-corrected chi connectivity index (χ3v) is 5.21. The van der Waals surface area contributed by atoms with Crippen molar-refractivity contribution in [1.82, 2.24) is 15.0 Å². The minimum atomic E-state index is -0.682. The average Bonchev–Trinajstić information content (AvgIpc) is 3.26. The lowest BCUT2D eigenvalue weighted by Crippen LogP contribution is -2.34. The molecule has 2 aromatic carbocycles. The van der Waals surface area contributed by atoms with E-state index in [2.05, 4.69) is 15.5 Å². The first-order chi connectivity index (χ1) is 15.0. The molecule has 0 unspecified atom stereocenters. The van der Waals surface area contributed by atoms with Crippen molar-refractivity contribution in [2.75, 3.05) is 14.2 Å². The summed E-state index contributed by atoms with van der Waals surface area (Å²) in [5.41, 5.74) is 3.66. The highest BCUT2D eigenvalue weighted by molar-refractivity contribution is 6.03. The van der Waals surface area contributed by atoms with Gasteiger partial charge in [-0.15, -0.1) is 0 Å². The molecule has 1 aromatic heterocycles. The number of hydrogen-bond acceptors (Lipinski definition) is 7. The van der Waals surface area contributed by atoms with Gasteiger partial charge in [-0.1, -0.05) is 36.4 Å². The Morgan fingerprint density at radius 3 is 2.55 bits per heavy atom. The SMILES string of the molecule is COc1ccc([C@@H]2CC(c3c(O)n(Cc4ccccc4)c(=O)[nH]c3=O)=NN2)cc1OC. The van der Waals surface area contributed by atoms with Gasteiger partial charge in [0.1, 0.15) is 5.56 Å². The predicted octanol–water partition coefficient (Wildman–Crippen LogP) is 1.75. The Hall–Kier alpha value is -4.01. The van der Waals surface area contributed by atoms with E-state index in [9.17, 15) is 14.7 Å². The zero-order valence-electron chi connectivity index (χ0n) is 17.1. The number of H-pyrrole nitrogens is 1. The van der Waals surface area contributed by atoms with E-state index in [-0.39, 0.29) is 18.2 Å². The molecule has 0 bridgehead atoms. The maximum absolute atomic E-state index is 12.5. The van der Waals surface area contributed by atoms with Crippen molar-refractivity contribution in [3.63, 3.8) is 0 Å². The van der Waals surface area contributed by atoms with E-state index in [0.717, 1.165) is 15.7 Å². The lowest BCUT2D eigenvalue weighted by Gasteiger charge is -2.14. The van der Waals surface area contributed by atoms with E-state index < -0.39 is 17.1 Å². The molecule has 0 amide bonds. The van der Waals surface area contributed by atoms with Crippen LogP contribution in [-0.4, -0.2) is 34.6 Å². The Bertz CT molecular complexity index is 1250. The van der Waals surface area contributed by atoms with Crippen LogP contribution < -0.4 is 26.1 Å². The molecule has 0 saturated carbocycles. The molecule has 9 heteroatoms. The molecule has 0 aliphatic carbocycles. The second kappa shape index (κ2) is 8.39. The molecule has 160 valence electrons. The van der Waals surface area contributed by atoms with Gasteiger partial charge in [-0.3, -0.25) is 14.3 Å². The zero-order chi connectivity index (χ0) is 22.0. The van der Waals surface area contributed by atoms with Gasteiger partial charge >= 0.3 is 5.69 Å². The van der Waals surface area contributed by atoms with E-state index in [4.69, 9.17) is 9.47 Å². The lowest BCUT2D eigenvalue weighted by molar-refractivity contribution is 0.354. The average molecular weight is 422 g/mol. The van der Waals surface area contributed by atoms with Crippen molar-refractivity contribution in [1.29, 1.82) is 0 Å². The molecule has 3 N–H and O–H groups in total. The van der Waals surface area contributed by atoms with Gasteiger partial charge in [0.15, 0.2) is 11.5 Å². The first-order valence-corrected chi connectivity index (χ1v) is 9.66. The van der Waals surface area contributed by atoms with Crippen LogP contribution in [0.25, 0.3) is 0 Å². The molecule has 4 rings (SSSR count). The van der Waals surface area contributed by atoms with Gasteiger partial charge in [-0.25, -0.2) is 4.79 Å². The van der Waals surface area contributed by atoms with Crippen molar-refractivity contribution in [2.24, 2.45) is 5.10 Å². The highest BCUT2D eigenvalue weighted by Gasteiger charge is 2.28. The van der Waals surface area contributed by atoms with Crippen LogP contribution in [0.5, 0.6) is 17.4 Å². The van der Waals surface area contributed by atoms with Crippen LogP contribution in [0.1, 0.15) is 29.2 Å². The second-order valence-corrected chi connectivity index (χ2v) is 7.09. The molecule has 0 fully saturated rings. The van der Waals surface area contributed by atoms with Crippen molar-refractivity contribution in [3.8, 4) is 17.4 Å². The smallest absolute Gasteiger partial charge is 0.331 e. The Labute approximate surface area is 177 Å². The van der Waals surface area contributed by atoms with Crippen molar-refractivity contribution < 1.29 is 14.6 Å². The summed E-state index contributed by atoms with van der Waals surface area (Å²) in [6.45, 7) is 0.120. The quantitative estimate of drug-likeness (QED) is 0.557. The lowest BCUT2D eigenvalue weighted by atomic mass is 9.99. The van der Waals surface area contributed by atoms with Crippen LogP contribution in [0.4, 0.5) is 0 Å². The summed E-state index contributed by atoms with van der Waals surface area (Å²) in [6.07, 6.45) is 0.343.